The monoisotopic (exact) mass is 273 g/mol. The van der Waals surface area contributed by atoms with Crippen molar-refractivity contribution in [2.45, 2.75) is 50.5 Å². The number of ether oxygens (including phenoxy) is 1. The van der Waals surface area contributed by atoms with Gasteiger partial charge < -0.3 is 10.1 Å². The van der Waals surface area contributed by atoms with Crippen molar-refractivity contribution >= 4 is 5.91 Å². The number of rotatable bonds is 4. The fourth-order valence-electron chi connectivity index (χ4n) is 3.33. The Hall–Kier alpha value is -1.51. The van der Waals surface area contributed by atoms with Crippen molar-refractivity contribution in [1.29, 1.82) is 0 Å². The maximum absolute atomic E-state index is 12.5. The molecule has 2 fully saturated rings. The Morgan fingerprint density at radius 3 is 2.55 bits per heavy atom. The van der Waals surface area contributed by atoms with E-state index in [1.165, 1.54) is 19.3 Å². The molecule has 1 amide bonds. The molecule has 0 spiro atoms. The first-order chi connectivity index (χ1) is 9.75. The van der Waals surface area contributed by atoms with Gasteiger partial charge in [-0.05, 0) is 31.7 Å². The topological polar surface area (TPSA) is 38.3 Å². The Morgan fingerprint density at radius 1 is 1.20 bits per heavy atom. The standard InChI is InChI=1S/C17H23NO2/c1-20-15-10-6-5-9-14(15)17(11-12-17)18-16(19)13-7-3-2-4-8-13/h5-6,9-10,13H,2-4,7-8,11-12H2,1H3,(H,18,19). The van der Waals surface area contributed by atoms with E-state index in [2.05, 4.69) is 11.4 Å². The van der Waals surface area contributed by atoms with E-state index in [1.807, 2.05) is 18.2 Å². The van der Waals surface area contributed by atoms with Gasteiger partial charge in [-0.3, -0.25) is 4.79 Å². The maximum atomic E-state index is 12.5. The molecular formula is C17H23NO2. The first-order valence-electron chi connectivity index (χ1n) is 7.71. The van der Waals surface area contributed by atoms with Gasteiger partial charge in [0.1, 0.15) is 5.75 Å². The van der Waals surface area contributed by atoms with Crippen LogP contribution in [0.2, 0.25) is 0 Å². The van der Waals surface area contributed by atoms with Crippen molar-refractivity contribution in [3.63, 3.8) is 0 Å². The van der Waals surface area contributed by atoms with Gasteiger partial charge in [-0.15, -0.1) is 0 Å². The summed E-state index contributed by atoms with van der Waals surface area (Å²) in [5, 5.41) is 3.31. The summed E-state index contributed by atoms with van der Waals surface area (Å²) < 4.78 is 5.45. The lowest BCUT2D eigenvalue weighted by Crippen LogP contribution is -2.39. The fourth-order valence-corrected chi connectivity index (χ4v) is 3.33. The molecule has 1 N–H and O–H groups in total. The number of benzene rings is 1. The Labute approximate surface area is 120 Å². The first-order valence-corrected chi connectivity index (χ1v) is 7.71. The molecule has 1 aromatic rings. The molecule has 0 bridgehead atoms. The summed E-state index contributed by atoms with van der Waals surface area (Å²) in [4.78, 5) is 12.5. The molecule has 0 unspecified atom stereocenters. The van der Waals surface area contributed by atoms with E-state index >= 15 is 0 Å². The van der Waals surface area contributed by atoms with Gasteiger partial charge in [0.25, 0.3) is 0 Å². The molecule has 108 valence electrons. The van der Waals surface area contributed by atoms with Crippen LogP contribution in [0.25, 0.3) is 0 Å². The SMILES string of the molecule is COc1ccccc1C1(NC(=O)C2CCCCC2)CC1. The molecule has 20 heavy (non-hydrogen) atoms. The predicted molar refractivity (Wildman–Crippen MR) is 78.6 cm³/mol. The normalized spacial score (nSPS) is 21.2. The molecule has 0 aromatic heterocycles. The molecule has 2 aliphatic carbocycles. The van der Waals surface area contributed by atoms with Crippen LogP contribution in [-0.2, 0) is 10.3 Å². The second-order valence-electron chi connectivity index (χ2n) is 6.11. The average molecular weight is 273 g/mol. The number of methoxy groups -OCH3 is 1. The van der Waals surface area contributed by atoms with Gasteiger partial charge in [0.2, 0.25) is 5.91 Å². The number of carbonyl (C=O) groups is 1. The van der Waals surface area contributed by atoms with E-state index < -0.39 is 0 Å². The van der Waals surface area contributed by atoms with Crippen LogP contribution in [-0.4, -0.2) is 13.0 Å². The molecule has 0 saturated heterocycles. The van der Waals surface area contributed by atoms with Crippen molar-refractivity contribution in [3.05, 3.63) is 29.8 Å². The van der Waals surface area contributed by atoms with E-state index in [1.54, 1.807) is 7.11 Å². The second-order valence-corrected chi connectivity index (χ2v) is 6.11. The maximum Gasteiger partial charge on any atom is 0.223 e. The van der Waals surface area contributed by atoms with E-state index in [4.69, 9.17) is 4.74 Å². The smallest absolute Gasteiger partial charge is 0.223 e. The molecule has 0 heterocycles. The summed E-state index contributed by atoms with van der Waals surface area (Å²) in [5.74, 6) is 1.35. The number of hydrogen-bond donors (Lipinski definition) is 1. The lowest BCUT2D eigenvalue weighted by molar-refractivity contribution is -0.127. The van der Waals surface area contributed by atoms with Gasteiger partial charge in [-0.1, -0.05) is 37.5 Å². The highest BCUT2D eigenvalue weighted by Gasteiger charge is 2.48. The van der Waals surface area contributed by atoms with Crippen LogP contribution in [0.1, 0.15) is 50.5 Å². The van der Waals surface area contributed by atoms with E-state index in [0.29, 0.717) is 0 Å². The summed E-state index contributed by atoms with van der Waals surface area (Å²) in [6, 6.07) is 8.04. The number of carbonyl (C=O) groups excluding carboxylic acids is 1. The van der Waals surface area contributed by atoms with Crippen LogP contribution in [0.15, 0.2) is 24.3 Å². The molecule has 2 aliphatic rings. The molecule has 3 nitrogen and oxygen atoms in total. The van der Waals surface area contributed by atoms with Crippen molar-refractivity contribution in [2.24, 2.45) is 5.92 Å². The number of amides is 1. The van der Waals surface area contributed by atoms with Crippen LogP contribution in [0.5, 0.6) is 5.75 Å². The Morgan fingerprint density at radius 2 is 1.90 bits per heavy atom. The predicted octanol–water partition coefficient (Wildman–Crippen LogP) is 3.38. The average Bonchev–Trinajstić information content (AvgIpc) is 3.28. The Bertz CT molecular complexity index is 488. The van der Waals surface area contributed by atoms with Crippen molar-refractivity contribution in [2.75, 3.05) is 7.11 Å². The molecule has 0 aliphatic heterocycles. The number of nitrogens with one attached hydrogen (secondary N) is 1. The molecule has 1 aromatic carbocycles. The van der Waals surface area contributed by atoms with Crippen molar-refractivity contribution < 1.29 is 9.53 Å². The highest BCUT2D eigenvalue weighted by atomic mass is 16.5. The van der Waals surface area contributed by atoms with Gasteiger partial charge in [-0.25, -0.2) is 0 Å². The molecule has 0 radical (unpaired) electrons. The minimum atomic E-state index is -0.166. The summed E-state index contributed by atoms with van der Waals surface area (Å²) >= 11 is 0. The highest BCUT2D eigenvalue weighted by Crippen LogP contribution is 2.49. The molecule has 0 atom stereocenters. The van der Waals surface area contributed by atoms with Crippen LogP contribution in [0.3, 0.4) is 0 Å². The third kappa shape index (κ3) is 2.54. The molecule has 3 heteroatoms. The Balaban J connectivity index is 1.74. The van der Waals surface area contributed by atoms with Crippen LogP contribution >= 0.6 is 0 Å². The lowest BCUT2D eigenvalue weighted by Gasteiger charge is -2.26. The number of hydrogen-bond acceptors (Lipinski definition) is 2. The lowest BCUT2D eigenvalue weighted by atomic mass is 9.88. The van der Waals surface area contributed by atoms with E-state index in [-0.39, 0.29) is 17.4 Å². The van der Waals surface area contributed by atoms with Gasteiger partial charge >= 0.3 is 0 Å². The minimum absolute atomic E-state index is 0.166. The van der Waals surface area contributed by atoms with Gasteiger partial charge in [0.05, 0.1) is 12.6 Å². The summed E-state index contributed by atoms with van der Waals surface area (Å²) in [6.07, 6.45) is 7.81. The van der Waals surface area contributed by atoms with Crippen LogP contribution in [0.4, 0.5) is 0 Å². The summed E-state index contributed by atoms with van der Waals surface area (Å²) in [5.41, 5.74) is 0.966. The van der Waals surface area contributed by atoms with E-state index in [0.717, 1.165) is 37.0 Å². The van der Waals surface area contributed by atoms with Crippen molar-refractivity contribution in [3.8, 4) is 5.75 Å². The quantitative estimate of drug-likeness (QED) is 0.913. The zero-order chi connectivity index (χ0) is 14.0. The third-order valence-corrected chi connectivity index (χ3v) is 4.71. The first kappa shape index (κ1) is 13.5. The van der Waals surface area contributed by atoms with Gasteiger partial charge in [-0.2, -0.15) is 0 Å². The molecule has 2 saturated carbocycles. The van der Waals surface area contributed by atoms with Crippen LogP contribution < -0.4 is 10.1 Å². The summed E-state index contributed by atoms with van der Waals surface area (Å²) in [7, 11) is 1.69. The molecular weight excluding hydrogens is 250 g/mol. The minimum Gasteiger partial charge on any atom is -0.496 e. The third-order valence-electron chi connectivity index (χ3n) is 4.71. The largest absolute Gasteiger partial charge is 0.496 e. The second kappa shape index (κ2) is 5.47. The fraction of sp³-hybridized carbons (Fsp3) is 0.588. The van der Waals surface area contributed by atoms with Gasteiger partial charge in [0.15, 0.2) is 0 Å². The molecule has 3 rings (SSSR count). The zero-order valence-electron chi connectivity index (χ0n) is 12.2. The van der Waals surface area contributed by atoms with Crippen LogP contribution in [0, 0.1) is 5.92 Å². The van der Waals surface area contributed by atoms with E-state index in [9.17, 15) is 4.79 Å². The van der Waals surface area contributed by atoms with Crippen molar-refractivity contribution in [1.82, 2.24) is 5.32 Å². The van der Waals surface area contributed by atoms with Gasteiger partial charge in [0, 0.05) is 11.5 Å². The Kier molecular flexibility index (Phi) is 3.68. The highest BCUT2D eigenvalue weighted by molar-refractivity contribution is 5.80. The summed E-state index contributed by atoms with van der Waals surface area (Å²) in [6.45, 7) is 0. The zero-order valence-corrected chi connectivity index (χ0v) is 12.2. The number of para-hydroxylation sites is 1.